The number of nitrogens with two attached hydrogens (primary N) is 1. The highest BCUT2D eigenvalue weighted by Crippen LogP contribution is 2.29. The molecule has 4 rings (SSSR count). The van der Waals surface area contributed by atoms with E-state index in [1.165, 1.54) is 10.7 Å². The maximum atomic E-state index is 12.7. The van der Waals surface area contributed by atoms with E-state index in [-0.39, 0.29) is 11.5 Å². The highest BCUT2D eigenvalue weighted by Gasteiger charge is 2.37. The summed E-state index contributed by atoms with van der Waals surface area (Å²) in [6, 6.07) is 1.45. The molecule has 8 nitrogen and oxygen atoms in total. The molecule has 144 valence electrons. The number of nitrogen functional groups attached to an aromatic ring is 1. The summed E-state index contributed by atoms with van der Waals surface area (Å²) in [6.07, 6.45) is 1.60. The van der Waals surface area contributed by atoms with Crippen molar-refractivity contribution in [1.82, 2.24) is 29.9 Å². The van der Waals surface area contributed by atoms with Crippen LogP contribution in [0.25, 0.3) is 27.7 Å². The number of aromatic nitrogens is 5. The molecule has 0 aliphatic heterocycles. The summed E-state index contributed by atoms with van der Waals surface area (Å²) in [4.78, 5) is 23.4. The lowest BCUT2D eigenvalue weighted by Gasteiger charge is -2.16. The number of alkyl halides is 3. The first-order valence-corrected chi connectivity index (χ1v) is 8.19. The zero-order chi connectivity index (χ0) is 20.1. The van der Waals surface area contributed by atoms with Gasteiger partial charge in [-0.05, 0) is 24.6 Å². The van der Waals surface area contributed by atoms with Gasteiger partial charge in [0.25, 0.3) is 5.91 Å². The number of nitrogens with one attached hydrogen (secondary N) is 2. The topological polar surface area (TPSA) is 114 Å². The smallest absolute Gasteiger partial charge is 0.368 e. The predicted molar refractivity (Wildman–Crippen MR) is 95.5 cm³/mol. The van der Waals surface area contributed by atoms with E-state index in [0.717, 1.165) is 17.9 Å². The van der Waals surface area contributed by atoms with E-state index in [1.807, 2.05) is 5.32 Å². The molecule has 1 atom stereocenters. The number of anilines is 1. The van der Waals surface area contributed by atoms with Gasteiger partial charge in [-0.25, -0.2) is 9.50 Å². The van der Waals surface area contributed by atoms with E-state index in [2.05, 4.69) is 20.1 Å². The Morgan fingerprint density at radius 2 is 2.14 bits per heavy atom. The SMILES string of the molecule is C[C@@H](NC(=O)c1cnn2ccc(-c3c[nH]c4nc(N)ncc34)cc12)C(F)(F)F. The zero-order valence-corrected chi connectivity index (χ0v) is 14.4. The van der Waals surface area contributed by atoms with Crippen LogP contribution in [0.15, 0.2) is 36.9 Å². The lowest BCUT2D eigenvalue weighted by Crippen LogP contribution is -2.43. The van der Waals surface area contributed by atoms with Gasteiger partial charge in [0.15, 0.2) is 0 Å². The van der Waals surface area contributed by atoms with Crippen LogP contribution < -0.4 is 11.1 Å². The first-order chi connectivity index (χ1) is 13.2. The lowest BCUT2D eigenvalue weighted by atomic mass is 10.1. The third-order valence-corrected chi connectivity index (χ3v) is 4.37. The summed E-state index contributed by atoms with van der Waals surface area (Å²) >= 11 is 0. The third-order valence-electron chi connectivity index (χ3n) is 4.37. The number of hydrogen-bond acceptors (Lipinski definition) is 5. The molecule has 11 heteroatoms. The van der Waals surface area contributed by atoms with Gasteiger partial charge < -0.3 is 16.0 Å². The number of hydrogen-bond donors (Lipinski definition) is 3. The standard InChI is InChI=1S/C17H14F3N7O/c1-8(17(18,19)20)25-15(28)12-7-24-27-3-2-9(4-13(12)27)10-5-22-14-11(10)6-23-16(21)26-14/h2-8H,1H3,(H,25,28)(H3,21,22,23,26)/t8-/m1/s1. The summed E-state index contributed by atoms with van der Waals surface area (Å²) < 4.78 is 39.6. The van der Waals surface area contributed by atoms with Crippen LogP contribution in [0.1, 0.15) is 17.3 Å². The number of carbonyl (C=O) groups is 1. The highest BCUT2D eigenvalue weighted by atomic mass is 19.4. The number of pyridine rings is 1. The quantitative estimate of drug-likeness (QED) is 0.498. The van der Waals surface area contributed by atoms with E-state index in [4.69, 9.17) is 5.73 Å². The van der Waals surface area contributed by atoms with Crippen LogP contribution in [0.3, 0.4) is 0 Å². The number of aromatic amines is 1. The fourth-order valence-electron chi connectivity index (χ4n) is 2.84. The van der Waals surface area contributed by atoms with Crippen molar-refractivity contribution < 1.29 is 18.0 Å². The van der Waals surface area contributed by atoms with Gasteiger partial charge in [-0.2, -0.15) is 23.3 Å². The van der Waals surface area contributed by atoms with Crippen LogP contribution in [0.4, 0.5) is 19.1 Å². The molecule has 4 heterocycles. The molecule has 0 bridgehead atoms. The van der Waals surface area contributed by atoms with Crippen molar-refractivity contribution in [2.24, 2.45) is 0 Å². The number of amides is 1. The zero-order valence-electron chi connectivity index (χ0n) is 14.4. The molecule has 0 radical (unpaired) electrons. The van der Waals surface area contributed by atoms with Crippen LogP contribution in [0, 0.1) is 0 Å². The van der Waals surface area contributed by atoms with E-state index in [1.54, 1.807) is 30.7 Å². The molecular formula is C17H14F3N7O. The summed E-state index contributed by atoms with van der Waals surface area (Å²) in [6.45, 7) is 0.882. The number of nitrogens with zero attached hydrogens (tertiary/aromatic N) is 4. The van der Waals surface area contributed by atoms with Crippen molar-refractivity contribution >= 4 is 28.4 Å². The molecule has 0 fully saturated rings. The Labute approximate surface area is 155 Å². The minimum atomic E-state index is -4.53. The molecule has 4 aromatic heterocycles. The molecule has 1 amide bonds. The van der Waals surface area contributed by atoms with E-state index in [9.17, 15) is 18.0 Å². The van der Waals surface area contributed by atoms with Crippen molar-refractivity contribution in [3.63, 3.8) is 0 Å². The average molecular weight is 389 g/mol. The first kappa shape index (κ1) is 17.8. The number of rotatable bonds is 3. The molecular weight excluding hydrogens is 375 g/mol. The van der Waals surface area contributed by atoms with Crippen LogP contribution in [0.5, 0.6) is 0 Å². The molecule has 4 N–H and O–H groups in total. The second-order valence-electron chi connectivity index (χ2n) is 6.23. The summed E-state index contributed by atoms with van der Waals surface area (Å²) in [5.74, 6) is -0.725. The first-order valence-electron chi connectivity index (χ1n) is 8.19. The summed E-state index contributed by atoms with van der Waals surface area (Å²) in [5.41, 5.74) is 8.01. The van der Waals surface area contributed by atoms with Gasteiger partial charge in [-0.3, -0.25) is 4.79 Å². The Kier molecular flexibility index (Phi) is 3.95. The molecule has 0 aromatic carbocycles. The normalized spacial score (nSPS) is 13.1. The average Bonchev–Trinajstić information content (AvgIpc) is 3.23. The van der Waals surface area contributed by atoms with E-state index < -0.39 is 18.1 Å². The molecule has 28 heavy (non-hydrogen) atoms. The van der Waals surface area contributed by atoms with Gasteiger partial charge in [-0.15, -0.1) is 0 Å². The predicted octanol–water partition coefficient (Wildman–Crippen LogP) is 2.54. The lowest BCUT2D eigenvalue weighted by molar-refractivity contribution is -0.149. The van der Waals surface area contributed by atoms with Crippen molar-refractivity contribution in [2.45, 2.75) is 19.1 Å². The van der Waals surface area contributed by atoms with Crippen LogP contribution in [-0.2, 0) is 0 Å². The molecule has 0 aliphatic rings. The number of halogens is 3. The number of fused-ring (bicyclic) bond motifs is 2. The van der Waals surface area contributed by atoms with Crippen LogP contribution >= 0.6 is 0 Å². The van der Waals surface area contributed by atoms with Gasteiger partial charge >= 0.3 is 6.18 Å². The van der Waals surface area contributed by atoms with E-state index >= 15 is 0 Å². The van der Waals surface area contributed by atoms with Crippen molar-refractivity contribution in [3.05, 3.63) is 42.5 Å². The van der Waals surface area contributed by atoms with Gasteiger partial charge in [0.05, 0.1) is 17.3 Å². The van der Waals surface area contributed by atoms with Crippen molar-refractivity contribution in [3.8, 4) is 11.1 Å². The monoisotopic (exact) mass is 389 g/mol. The molecule has 0 aliphatic carbocycles. The third kappa shape index (κ3) is 3.00. The summed E-state index contributed by atoms with van der Waals surface area (Å²) in [5, 5.41) is 6.70. The Hall–Kier alpha value is -3.63. The van der Waals surface area contributed by atoms with Crippen LogP contribution in [0.2, 0.25) is 0 Å². The maximum absolute atomic E-state index is 12.7. The molecule has 0 unspecified atom stereocenters. The summed E-state index contributed by atoms with van der Waals surface area (Å²) in [7, 11) is 0. The Bertz CT molecular complexity index is 1190. The minimum Gasteiger partial charge on any atom is -0.368 e. The van der Waals surface area contributed by atoms with E-state index in [0.29, 0.717) is 16.7 Å². The fraction of sp³-hybridized carbons (Fsp3) is 0.176. The largest absolute Gasteiger partial charge is 0.408 e. The highest BCUT2D eigenvalue weighted by molar-refractivity contribution is 6.02. The van der Waals surface area contributed by atoms with Gasteiger partial charge in [0.2, 0.25) is 5.95 Å². The Morgan fingerprint density at radius 3 is 2.89 bits per heavy atom. The van der Waals surface area contributed by atoms with Crippen molar-refractivity contribution in [2.75, 3.05) is 5.73 Å². The van der Waals surface area contributed by atoms with Gasteiger partial charge in [-0.1, -0.05) is 0 Å². The second kappa shape index (κ2) is 6.22. The van der Waals surface area contributed by atoms with Gasteiger partial charge in [0.1, 0.15) is 11.7 Å². The van der Waals surface area contributed by atoms with Crippen LogP contribution in [-0.4, -0.2) is 42.7 Å². The number of H-pyrrole nitrogens is 1. The maximum Gasteiger partial charge on any atom is 0.408 e. The second-order valence-corrected chi connectivity index (χ2v) is 6.23. The minimum absolute atomic E-state index is 0.0401. The van der Waals surface area contributed by atoms with Crippen molar-refractivity contribution in [1.29, 1.82) is 0 Å². The molecule has 0 spiro atoms. The molecule has 0 saturated carbocycles. The fourth-order valence-corrected chi connectivity index (χ4v) is 2.84. The number of carbonyl (C=O) groups excluding carboxylic acids is 1. The van der Waals surface area contributed by atoms with Gasteiger partial charge in [0, 0.05) is 29.5 Å². The Balaban J connectivity index is 1.75. The Morgan fingerprint density at radius 1 is 1.36 bits per heavy atom. The molecule has 4 aromatic rings. The molecule has 0 saturated heterocycles.